The molecule has 2 heterocycles. The Kier molecular flexibility index (Phi) is 4.31. The molecule has 0 bridgehead atoms. The molecule has 130 valence electrons. The highest BCUT2D eigenvalue weighted by atomic mass is 16.5. The van der Waals surface area contributed by atoms with Gasteiger partial charge in [-0.3, -0.25) is 9.59 Å². The Morgan fingerprint density at radius 2 is 2.00 bits per heavy atom. The van der Waals surface area contributed by atoms with Gasteiger partial charge in [0.25, 0.3) is 11.8 Å². The summed E-state index contributed by atoms with van der Waals surface area (Å²) in [6.45, 7) is 1.72. The molecule has 2 amide bonds. The zero-order chi connectivity index (χ0) is 18.0. The molecule has 2 aliphatic heterocycles. The smallest absolute Gasteiger partial charge is 0.250 e. The quantitative estimate of drug-likeness (QED) is 0.907. The topological polar surface area (TPSA) is 80.2 Å². The number of fused-ring (bicyclic) bond motifs is 1. The SMILES string of the molecule is COc1ccc(NC(=O)C2(C)CC(=O)N=C3C=CC=CN32)cc1OC. The summed E-state index contributed by atoms with van der Waals surface area (Å²) >= 11 is 0. The van der Waals surface area contributed by atoms with Crippen molar-refractivity contribution in [3.63, 3.8) is 0 Å². The molecule has 0 fully saturated rings. The number of methoxy groups -OCH3 is 2. The van der Waals surface area contributed by atoms with Crippen LogP contribution in [0.25, 0.3) is 0 Å². The summed E-state index contributed by atoms with van der Waals surface area (Å²) < 4.78 is 10.4. The van der Waals surface area contributed by atoms with Crippen molar-refractivity contribution in [2.24, 2.45) is 4.99 Å². The number of amides is 2. The van der Waals surface area contributed by atoms with E-state index in [1.54, 1.807) is 61.6 Å². The van der Waals surface area contributed by atoms with E-state index in [1.807, 2.05) is 0 Å². The molecule has 1 aromatic carbocycles. The number of benzene rings is 1. The highest BCUT2D eigenvalue weighted by molar-refractivity contribution is 6.11. The van der Waals surface area contributed by atoms with Crippen molar-refractivity contribution in [1.82, 2.24) is 4.90 Å². The van der Waals surface area contributed by atoms with Crippen LogP contribution in [-0.4, -0.2) is 42.3 Å². The fourth-order valence-electron chi connectivity index (χ4n) is 2.86. The number of rotatable bonds is 4. The number of nitrogens with one attached hydrogen (secondary N) is 1. The number of amidine groups is 1. The van der Waals surface area contributed by atoms with Gasteiger partial charge in [-0.1, -0.05) is 6.08 Å². The maximum Gasteiger partial charge on any atom is 0.250 e. The largest absolute Gasteiger partial charge is 0.493 e. The molecule has 3 rings (SSSR count). The second-order valence-electron chi connectivity index (χ2n) is 5.91. The molecule has 1 atom stereocenters. The van der Waals surface area contributed by atoms with Gasteiger partial charge in [0.1, 0.15) is 11.4 Å². The third-order valence-corrected chi connectivity index (χ3v) is 4.24. The molecule has 0 radical (unpaired) electrons. The van der Waals surface area contributed by atoms with Gasteiger partial charge in [-0.25, -0.2) is 0 Å². The van der Waals surface area contributed by atoms with Crippen LogP contribution < -0.4 is 14.8 Å². The van der Waals surface area contributed by atoms with Gasteiger partial charge < -0.3 is 19.7 Å². The molecule has 0 spiro atoms. The third-order valence-electron chi connectivity index (χ3n) is 4.24. The fourth-order valence-corrected chi connectivity index (χ4v) is 2.86. The first-order valence-corrected chi connectivity index (χ1v) is 7.77. The summed E-state index contributed by atoms with van der Waals surface area (Å²) in [6, 6.07) is 5.10. The second kappa shape index (κ2) is 6.43. The minimum Gasteiger partial charge on any atom is -0.493 e. The van der Waals surface area contributed by atoms with Gasteiger partial charge in [0.2, 0.25) is 0 Å². The van der Waals surface area contributed by atoms with Gasteiger partial charge in [-0.15, -0.1) is 0 Å². The van der Waals surface area contributed by atoms with Crippen LogP contribution in [0.3, 0.4) is 0 Å². The highest BCUT2D eigenvalue weighted by Crippen LogP contribution is 2.32. The molecular formula is C18H19N3O4. The van der Waals surface area contributed by atoms with Crippen LogP contribution in [-0.2, 0) is 9.59 Å². The number of hydrogen-bond donors (Lipinski definition) is 1. The number of nitrogens with zero attached hydrogens (tertiary/aromatic N) is 2. The molecule has 1 aromatic rings. The number of ether oxygens (including phenoxy) is 2. The third kappa shape index (κ3) is 3.00. The van der Waals surface area contributed by atoms with Gasteiger partial charge in [-0.2, -0.15) is 4.99 Å². The molecule has 25 heavy (non-hydrogen) atoms. The number of anilines is 1. The van der Waals surface area contributed by atoms with Crippen molar-refractivity contribution in [2.75, 3.05) is 19.5 Å². The Morgan fingerprint density at radius 1 is 1.24 bits per heavy atom. The first-order chi connectivity index (χ1) is 12.0. The number of carbonyl (C=O) groups is 2. The van der Waals surface area contributed by atoms with Crippen LogP contribution >= 0.6 is 0 Å². The van der Waals surface area contributed by atoms with E-state index in [4.69, 9.17) is 9.47 Å². The lowest BCUT2D eigenvalue weighted by molar-refractivity contribution is -0.130. The van der Waals surface area contributed by atoms with Crippen molar-refractivity contribution in [1.29, 1.82) is 0 Å². The van der Waals surface area contributed by atoms with Crippen LogP contribution in [0.15, 0.2) is 47.6 Å². The molecule has 7 nitrogen and oxygen atoms in total. The minimum absolute atomic E-state index is 0.00615. The summed E-state index contributed by atoms with van der Waals surface area (Å²) in [5, 5.41) is 2.85. The van der Waals surface area contributed by atoms with Crippen molar-refractivity contribution in [2.45, 2.75) is 18.9 Å². The predicted molar refractivity (Wildman–Crippen MR) is 93.8 cm³/mol. The standard InChI is InChI=1S/C18H19N3O4/c1-18(11-16(22)20-15-6-4-5-9-21(15)18)17(23)19-12-7-8-13(24-2)14(10-12)25-3/h4-10H,11H2,1-3H3,(H,19,23). The van der Waals surface area contributed by atoms with E-state index in [9.17, 15) is 9.59 Å². The normalized spacial score (nSPS) is 21.5. The van der Waals surface area contributed by atoms with E-state index in [0.717, 1.165) is 0 Å². The lowest BCUT2D eigenvalue weighted by atomic mass is 9.91. The summed E-state index contributed by atoms with van der Waals surface area (Å²) in [5.41, 5.74) is -0.514. The van der Waals surface area contributed by atoms with Crippen LogP contribution in [0.4, 0.5) is 5.69 Å². The molecule has 1 unspecified atom stereocenters. The Balaban J connectivity index is 1.87. The molecule has 0 aromatic heterocycles. The van der Waals surface area contributed by atoms with Gasteiger partial charge in [0.15, 0.2) is 11.5 Å². The second-order valence-corrected chi connectivity index (χ2v) is 5.91. The molecule has 1 N–H and O–H groups in total. The predicted octanol–water partition coefficient (Wildman–Crippen LogP) is 2.12. The Labute approximate surface area is 145 Å². The van der Waals surface area contributed by atoms with Crippen molar-refractivity contribution in [3.05, 3.63) is 42.6 Å². The Hall–Kier alpha value is -3.09. The zero-order valence-corrected chi connectivity index (χ0v) is 14.3. The summed E-state index contributed by atoms with van der Waals surface area (Å²) in [6.07, 6.45) is 7.03. The van der Waals surface area contributed by atoms with Crippen LogP contribution in [0.2, 0.25) is 0 Å². The summed E-state index contributed by atoms with van der Waals surface area (Å²) in [7, 11) is 3.07. The lowest BCUT2D eigenvalue weighted by Crippen LogP contribution is -2.58. The van der Waals surface area contributed by atoms with E-state index in [2.05, 4.69) is 10.3 Å². The Bertz CT molecular complexity index is 813. The summed E-state index contributed by atoms with van der Waals surface area (Å²) in [4.78, 5) is 30.6. The minimum atomic E-state index is -1.07. The fraction of sp³-hybridized carbons (Fsp3) is 0.278. The van der Waals surface area contributed by atoms with Crippen LogP contribution in [0.1, 0.15) is 13.3 Å². The molecule has 7 heteroatoms. The molecule has 0 saturated carbocycles. The average molecular weight is 341 g/mol. The van der Waals surface area contributed by atoms with Crippen molar-refractivity contribution >= 4 is 23.3 Å². The number of hydrogen-bond acceptors (Lipinski definition) is 5. The molecule has 2 aliphatic rings. The number of allylic oxidation sites excluding steroid dienone is 2. The lowest BCUT2D eigenvalue weighted by Gasteiger charge is -2.41. The van der Waals surface area contributed by atoms with Gasteiger partial charge >= 0.3 is 0 Å². The molecule has 0 saturated heterocycles. The van der Waals surface area contributed by atoms with E-state index in [0.29, 0.717) is 23.0 Å². The molecule has 0 aliphatic carbocycles. The highest BCUT2D eigenvalue weighted by Gasteiger charge is 2.45. The van der Waals surface area contributed by atoms with Crippen LogP contribution in [0, 0.1) is 0 Å². The molecular weight excluding hydrogens is 322 g/mol. The summed E-state index contributed by atoms with van der Waals surface area (Å²) in [5.74, 6) is 0.909. The zero-order valence-electron chi connectivity index (χ0n) is 14.3. The van der Waals surface area contributed by atoms with Gasteiger partial charge in [0, 0.05) is 18.0 Å². The van der Waals surface area contributed by atoms with E-state index in [-0.39, 0.29) is 18.2 Å². The number of carbonyl (C=O) groups excluding carboxylic acids is 2. The van der Waals surface area contributed by atoms with E-state index >= 15 is 0 Å². The van der Waals surface area contributed by atoms with Crippen molar-refractivity contribution < 1.29 is 19.1 Å². The van der Waals surface area contributed by atoms with Crippen molar-refractivity contribution in [3.8, 4) is 11.5 Å². The first kappa shape index (κ1) is 16.8. The van der Waals surface area contributed by atoms with E-state index < -0.39 is 5.54 Å². The van der Waals surface area contributed by atoms with Gasteiger partial charge in [0.05, 0.1) is 20.6 Å². The van der Waals surface area contributed by atoms with Crippen LogP contribution in [0.5, 0.6) is 11.5 Å². The van der Waals surface area contributed by atoms with Gasteiger partial charge in [-0.05, 0) is 31.2 Å². The Morgan fingerprint density at radius 3 is 2.72 bits per heavy atom. The maximum absolute atomic E-state index is 13.0. The first-order valence-electron chi connectivity index (χ1n) is 7.77. The average Bonchev–Trinajstić information content (AvgIpc) is 2.61. The maximum atomic E-state index is 13.0. The van der Waals surface area contributed by atoms with E-state index in [1.165, 1.54) is 7.11 Å². The monoisotopic (exact) mass is 341 g/mol. The number of aliphatic imine (C=N–C) groups is 1.